The zero-order chi connectivity index (χ0) is 12.4. The Hall–Kier alpha value is -0.830. The third-order valence-corrected chi connectivity index (χ3v) is 3.84. The number of hydrogen-bond donors (Lipinski definition) is 0. The third kappa shape index (κ3) is 2.39. The standard InChI is InChI=1S/C13H18ClFN2/c1-3-12-5-4-9(2)17(12)13-10(7-14)6-11(15)8-16-13/h6,8-9,12H,3-5,7H2,1-2H3. The summed E-state index contributed by atoms with van der Waals surface area (Å²) in [5.41, 5.74) is 0.791. The van der Waals surface area contributed by atoms with Crippen molar-refractivity contribution in [3.8, 4) is 0 Å². The molecule has 94 valence electrons. The molecule has 0 aliphatic carbocycles. The van der Waals surface area contributed by atoms with Crippen LogP contribution in [-0.4, -0.2) is 17.1 Å². The lowest BCUT2D eigenvalue weighted by molar-refractivity contribution is 0.602. The Kier molecular flexibility index (Phi) is 3.87. The molecule has 1 aliphatic rings. The lowest BCUT2D eigenvalue weighted by atomic mass is 10.1. The second kappa shape index (κ2) is 5.21. The Labute approximate surface area is 107 Å². The van der Waals surface area contributed by atoms with Crippen LogP contribution in [0.3, 0.4) is 0 Å². The zero-order valence-corrected chi connectivity index (χ0v) is 11.0. The van der Waals surface area contributed by atoms with Gasteiger partial charge in [0.25, 0.3) is 0 Å². The molecule has 1 aromatic rings. The number of hydrogen-bond acceptors (Lipinski definition) is 2. The number of aromatic nitrogens is 1. The van der Waals surface area contributed by atoms with Crippen LogP contribution in [0.4, 0.5) is 10.2 Å². The fraction of sp³-hybridized carbons (Fsp3) is 0.615. The number of nitrogens with zero attached hydrogens (tertiary/aromatic N) is 2. The van der Waals surface area contributed by atoms with Gasteiger partial charge in [-0.15, -0.1) is 11.6 Å². The Bertz CT molecular complexity index is 397. The molecule has 17 heavy (non-hydrogen) atoms. The molecule has 4 heteroatoms. The topological polar surface area (TPSA) is 16.1 Å². The summed E-state index contributed by atoms with van der Waals surface area (Å²) in [5.74, 6) is 0.849. The van der Waals surface area contributed by atoms with Gasteiger partial charge < -0.3 is 4.90 Å². The maximum absolute atomic E-state index is 13.2. The van der Waals surface area contributed by atoms with E-state index in [4.69, 9.17) is 11.6 Å². The molecule has 0 spiro atoms. The van der Waals surface area contributed by atoms with Crippen molar-refractivity contribution >= 4 is 17.4 Å². The van der Waals surface area contributed by atoms with Crippen LogP contribution in [-0.2, 0) is 5.88 Å². The Balaban J connectivity index is 2.38. The van der Waals surface area contributed by atoms with E-state index in [9.17, 15) is 4.39 Å². The first-order valence-electron chi connectivity index (χ1n) is 6.16. The smallest absolute Gasteiger partial charge is 0.141 e. The van der Waals surface area contributed by atoms with Gasteiger partial charge in [-0.1, -0.05) is 6.92 Å². The number of anilines is 1. The van der Waals surface area contributed by atoms with Crippen LogP contribution < -0.4 is 4.90 Å². The highest BCUT2D eigenvalue weighted by atomic mass is 35.5. The first-order valence-corrected chi connectivity index (χ1v) is 6.69. The molecule has 2 atom stereocenters. The second-order valence-electron chi connectivity index (χ2n) is 4.67. The Morgan fingerprint density at radius 2 is 2.29 bits per heavy atom. The summed E-state index contributed by atoms with van der Waals surface area (Å²) in [4.78, 5) is 6.55. The molecule has 0 bridgehead atoms. The van der Waals surface area contributed by atoms with E-state index in [2.05, 4.69) is 23.7 Å². The van der Waals surface area contributed by atoms with Crippen molar-refractivity contribution in [1.29, 1.82) is 0 Å². The van der Waals surface area contributed by atoms with Crippen LogP contribution in [0, 0.1) is 5.82 Å². The summed E-state index contributed by atoms with van der Waals surface area (Å²) in [5, 5.41) is 0. The van der Waals surface area contributed by atoms with E-state index < -0.39 is 0 Å². The molecule has 2 unspecified atom stereocenters. The van der Waals surface area contributed by atoms with Gasteiger partial charge in [0.15, 0.2) is 0 Å². The Morgan fingerprint density at radius 1 is 1.53 bits per heavy atom. The van der Waals surface area contributed by atoms with Gasteiger partial charge in [0, 0.05) is 17.6 Å². The Morgan fingerprint density at radius 3 is 2.94 bits per heavy atom. The average molecular weight is 257 g/mol. The molecule has 2 nitrogen and oxygen atoms in total. The van der Waals surface area contributed by atoms with Crippen molar-refractivity contribution in [3.05, 3.63) is 23.6 Å². The predicted molar refractivity (Wildman–Crippen MR) is 69.0 cm³/mol. The van der Waals surface area contributed by atoms with Gasteiger partial charge in [0.05, 0.1) is 12.1 Å². The van der Waals surface area contributed by atoms with Crippen molar-refractivity contribution in [3.63, 3.8) is 0 Å². The molecule has 1 aromatic heterocycles. The maximum atomic E-state index is 13.2. The van der Waals surface area contributed by atoms with Gasteiger partial charge in [-0.3, -0.25) is 0 Å². The van der Waals surface area contributed by atoms with Crippen LogP contribution in [0.15, 0.2) is 12.3 Å². The van der Waals surface area contributed by atoms with E-state index in [0.717, 1.165) is 17.8 Å². The maximum Gasteiger partial charge on any atom is 0.141 e. The summed E-state index contributed by atoms with van der Waals surface area (Å²) < 4.78 is 13.2. The van der Waals surface area contributed by atoms with E-state index in [1.165, 1.54) is 25.1 Å². The minimum Gasteiger partial charge on any atom is -0.351 e. The molecule has 0 N–H and O–H groups in total. The lowest BCUT2D eigenvalue weighted by Gasteiger charge is -2.30. The van der Waals surface area contributed by atoms with E-state index in [-0.39, 0.29) is 5.82 Å². The quantitative estimate of drug-likeness (QED) is 0.766. The highest BCUT2D eigenvalue weighted by Gasteiger charge is 2.31. The first-order chi connectivity index (χ1) is 8.17. The summed E-state index contributed by atoms with van der Waals surface area (Å²) >= 11 is 5.89. The number of pyridine rings is 1. The molecule has 0 amide bonds. The van der Waals surface area contributed by atoms with E-state index in [1.807, 2.05) is 0 Å². The van der Waals surface area contributed by atoms with E-state index >= 15 is 0 Å². The number of halogens is 2. The van der Waals surface area contributed by atoms with E-state index in [1.54, 1.807) is 0 Å². The van der Waals surface area contributed by atoms with Crippen molar-refractivity contribution in [2.75, 3.05) is 4.90 Å². The fourth-order valence-electron chi connectivity index (χ4n) is 2.66. The van der Waals surface area contributed by atoms with Crippen LogP contribution in [0.5, 0.6) is 0 Å². The predicted octanol–water partition coefficient (Wildman–Crippen LogP) is 3.73. The minimum absolute atomic E-state index is 0.305. The minimum atomic E-state index is -0.315. The SMILES string of the molecule is CCC1CCC(C)N1c1ncc(F)cc1CCl. The normalized spacial score (nSPS) is 24.4. The average Bonchev–Trinajstić information content (AvgIpc) is 2.70. The van der Waals surface area contributed by atoms with Crippen molar-refractivity contribution in [1.82, 2.24) is 4.98 Å². The molecular formula is C13H18ClFN2. The molecule has 2 rings (SSSR count). The molecule has 0 radical (unpaired) electrons. The van der Waals surface area contributed by atoms with Crippen molar-refractivity contribution < 1.29 is 4.39 Å². The van der Waals surface area contributed by atoms with Gasteiger partial charge >= 0.3 is 0 Å². The summed E-state index contributed by atoms with van der Waals surface area (Å²) in [7, 11) is 0. The highest BCUT2D eigenvalue weighted by molar-refractivity contribution is 6.17. The first kappa shape index (κ1) is 12.6. The third-order valence-electron chi connectivity index (χ3n) is 3.56. The number of alkyl halides is 1. The van der Waals surface area contributed by atoms with Gasteiger partial charge in [-0.05, 0) is 32.3 Å². The molecular weight excluding hydrogens is 239 g/mol. The molecule has 0 saturated carbocycles. The van der Waals surface area contributed by atoms with Gasteiger partial charge in [0.2, 0.25) is 0 Å². The highest BCUT2D eigenvalue weighted by Crippen LogP contribution is 2.33. The molecule has 2 heterocycles. The largest absolute Gasteiger partial charge is 0.351 e. The van der Waals surface area contributed by atoms with Crippen LogP contribution in [0.25, 0.3) is 0 Å². The summed E-state index contributed by atoms with van der Waals surface area (Å²) in [6.45, 7) is 4.37. The van der Waals surface area contributed by atoms with E-state index in [0.29, 0.717) is 18.0 Å². The van der Waals surface area contributed by atoms with Crippen molar-refractivity contribution in [2.24, 2.45) is 0 Å². The van der Waals surface area contributed by atoms with Crippen LogP contribution in [0.1, 0.15) is 38.7 Å². The fourth-order valence-corrected chi connectivity index (χ4v) is 2.86. The second-order valence-corrected chi connectivity index (χ2v) is 4.93. The van der Waals surface area contributed by atoms with Gasteiger partial charge in [-0.25, -0.2) is 9.37 Å². The van der Waals surface area contributed by atoms with Crippen LogP contribution in [0.2, 0.25) is 0 Å². The summed E-state index contributed by atoms with van der Waals surface area (Å²) in [6.07, 6.45) is 4.71. The van der Waals surface area contributed by atoms with Gasteiger partial charge in [-0.2, -0.15) is 0 Å². The molecule has 1 fully saturated rings. The lowest BCUT2D eigenvalue weighted by Crippen LogP contribution is -2.35. The monoisotopic (exact) mass is 256 g/mol. The number of rotatable bonds is 3. The molecule has 1 aliphatic heterocycles. The molecule has 1 saturated heterocycles. The zero-order valence-electron chi connectivity index (χ0n) is 10.3. The van der Waals surface area contributed by atoms with Crippen LogP contribution >= 0.6 is 11.6 Å². The van der Waals surface area contributed by atoms with Gasteiger partial charge in [0.1, 0.15) is 11.6 Å². The molecule has 0 aromatic carbocycles. The van der Waals surface area contributed by atoms with Crippen molar-refractivity contribution in [2.45, 2.75) is 51.1 Å². The summed E-state index contributed by atoms with van der Waals surface area (Å²) in [6, 6.07) is 2.46.